The molecule has 10 heteroatoms. The first-order valence-electron chi connectivity index (χ1n) is 9.25. The lowest BCUT2D eigenvalue weighted by molar-refractivity contribution is -0.136. The predicted octanol–water partition coefficient (Wildman–Crippen LogP) is 2.30. The molecule has 160 valence electrons. The van der Waals surface area contributed by atoms with Crippen LogP contribution in [-0.4, -0.2) is 65.6 Å². The average molecular weight is 434 g/mol. The van der Waals surface area contributed by atoms with Gasteiger partial charge >= 0.3 is 12.0 Å². The predicted molar refractivity (Wildman–Crippen MR) is 116 cm³/mol. The van der Waals surface area contributed by atoms with E-state index in [9.17, 15) is 14.4 Å². The number of anilines is 3. The van der Waals surface area contributed by atoms with E-state index in [0.717, 1.165) is 23.7 Å². The molecule has 2 aromatic rings. The number of hydrogen-bond donors (Lipinski definition) is 2. The van der Waals surface area contributed by atoms with Crippen LogP contribution in [0.1, 0.15) is 6.92 Å². The number of amides is 3. The maximum Gasteiger partial charge on any atom is 0.323 e. The summed E-state index contributed by atoms with van der Waals surface area (Å²) >= 11 is 0. The van der Waals surface area contributed by atoms with Crippen molar-refractivity contribution in [1.29, 1.82) is 0 Å². The van der Waals surface area contributed by atoms with Gasteiger partial charge in [0, 0.05) is 62.6 Å². The van der Waals surface area contributed by atoms with Crippen LogP contribution < -0.4 is 15.1 Å². The van der Waals surface area contributed by atoms with E-state index in [2.05, 4.69) is 15.2 Å². The molecular formula is C20H24ClN5O4. The highest BCUT2D eigenvalue weighted by Crippen LogP contribution is 2.19. The van der Waals surface area contributed by atoms with Gasteiger partial charge in [-0.3, -0.25) is 14.6 Å². The topological polar surface area (TPSA) is 106 Å². The van der Waals surface area contributed by atoms with Crippen LogP contribution in [0.2, 0.25) is 0 Å². The molecule has 0 bridgehead atoms. The summed E-state index contributed by atoms with van der Waals surface area (Å²) in [5, 5.41) is 11.8. The van der Waals surface area contributed by atoms with Crippen molar-refractivity contribution >= 4 is 47.4 Å². The lowest BCUT2D eigenvalue weighted by atomic mass is 10.2. The second kappa shape index (κ2) is 10.4. The number of aliphatic carboxylic acids is 1. The molecule has 1 aromatic carbocycles. The largest absolute Gasteiger partial charge is 0.480 e. The molecular weight excluding hydrogens is 410 g/mol. The molecule has 0 atom stereocenters. The Morgan fingerprint density at radius 1 is 1.03 bits per heavy atom. The Balaban J connectivity index is 0.00000320. The number of urea groups is 1. The van der Waals surface area contributed by atoms with Gasteiger partial charge in [0.05, 0.1) is 0 Å². The molecule has 1 saturated heterocycles. The summed E-state index contributed by atoms with van der Waals surface area (Å²) in [6.45, 7) is 3.57. The van der Waals surface area contributed by atoms with Gasteiger partial charge in [0.2, 0.25) is 5.91 Å². The first-order valence-corrected chi connectivity index (χ1v) is 9.25. The minimum absolute atomic E-state index is 0. The lowest BCUT2D eigenvalue weighted by Gasteiger charge is -2.36. The number of nitrogens with zero attached hydrogens (tertiary/aromatic N) is 4. The number of rotatable bonds is 5. The van der Waals surface area contributed by atoms with Crippen LogP contribution in [0.3, 0.4) is 0 Å². The van der Waals surface area contributed by atoms with E-state index in [0.29, 0.717) is 24.5 Å². The fourth-order valence-corrected chi connectivity index (χ4v) is 3.17. The van der Waals surface area contributed by atoms with E-state index < -0.39 is 12.5 Å². The number of pyridine rings is 1. The third kappa shape index (κ3) is 5.84. The van der Waals surface area contributed by atoms with Crippen LogP contribution in [0.25, 0.3) is 0 Å². The number of benzene rings is 1. The Hall–Kier alpha value is -3.33. The van der Waals surface area contributed by atoms with E-state index in [1.165, 1.54) is 6.92 Å². The van der Waals surface area contributed by atoms with Gasteiger partial charge in [-0.1, -0.05) is 0 Å². The minimum Gasteiger partial charge on any atom is -0.480 e. The molecule has 1 aliphatic rings. The molecule has 0 radical (unpaired) electrons. The quantitative estimate of drug-likeness (QED) is 0.749. The molecule has 0 aliphatic carbocycles. The van der Waals surface area contributed by atoms with Gasteiger partial charge in [0.1, 0.15) is 6.54 Å². The van der Waals surface area contributed by atoms with E-state index in [1.807, 2.05) is 12.1 Å². The van der Waals surface area contributed by atoms with Crippen LogP contribution in [0.15, 0.2) is 48.8 Å². The van der Waals surface area contributed by atoms with Crippen LogP contribution in [-0.2, 0) is 9.59 Å². The van der Waals surface area contributed by atoms with E-state index in [1.54, 1.807) is 41.6 Å². The van der Waals surface area contributed by atoms with Crippen molar-refractivity contribution in [3.63, 3.8) is 0 Å². The second-order valence-electron chi connectivity index (χ2n) is 6.66. The van der Waals surface area contributed by atoms with Gasteiger partial charge in [-0.25, -0.2) is 4.79 Å². The van der Waals surface area contributed by atoms with E-state index >= 15 is 0 Å². The summed E-state index contributed by atoms with van der Waals surface area (Å²) in [5.74, 6) is -1.46. The zero-order valence-corrected chi connectivity index (χ0v) is 17.3. The number of hydrogen-bond acceptors (Lipinski definition) is 5. The van der Waals surface area contributed by atoms with Gasteiger partial charge in [-0.15, -0.1) is 12.4 Å². The fraction of sp³-hybridized carbons (Fsp3) is 0.300. The molecule has 2 N–H and O–H groups in total. The average Bonchev–Trinajstić information content (AvgIpc) is 2.73. The molecule has 1 fully saturated rings. The Morgan fingerprint density at radius 3 is 2.17 bits per heavy atom. The number of nitrogens with one attached hydrogen (secondary N) is 1. The van der Waals surface area contributed by atoms with Gasteiger partial charge < -0.3 is 25.1 Å². The molecule has 0 saturated carbocycles. The Bertz CT molecular complexity index is 871. The zero-order valence-electron chi connectivity index (χ0n) is 16.5. The lowest BCUT2D eigenvalue weighted by Crippen LogP contribution is -2.50. The first-order chi connectivity index (χ1) is 13.9. The number of carbonyl (C=O) groups is 3. The summed E-state index contributed by atoms with van der Waals surface area (Å²) in [7, 11) is 0. The van der Waals surface area contributed by atoms with Crippen molar-refractivity contribution in [3.8, 4) is 0 Å². The smallest absolute Gasteiger partial charge is 0.323 e. The fourth-order valence-electron chi connectivity index (χ4n) is 3.17. The van der Waals surface area contributed by atoms with Gasteiger partial charge in [-0.2, -0.15) is 0 Å². The number of carbonyl (C=O) groups excluding carboxylic acids is 2. The van der Waals surface area contributed by atoms with Crippen molar-refractivity contribution in [2.75, 3.05) is 47.8 Å². The number of halogens is 1. The Morgan fingerprint density at radius 2 is 1.63 bits per heavy atom. The van der Waals surface area contributed by atoms with Gasteiger partial charge in [-0.05, 0) is 36.4 Å². The molecule has 0 unspecified atom stereocenters. The standard InChI is InChI=1S/C20H23N5O4.ClH/c1-15(26)25(14-19(27)28)18-4-2-16(3-5-18)22-20(29)24-12-10-23(11-13-24)17-6-8-21-9-7-17;/h2-9H,10-14H2,1H3,(H,22,29)(H,27,28);1H. The van der Waals surface area contributed by atoms with Crippen LogP contribution in [0.4, 0.5) is 21.9 Å². The molecule has 1 aliphatic heterocycles. The highest BCUT2D eigenvalue weighted by molar-refractivity contribution is 5.96. The summed E-state index contributed by atoms with van der Waals surface area (Å²) < 4.78 is 0. The first kappa shape index (κ1) is 23.0. The monoisotopic (exact) mass is 433 g/mol. The van der Waals surface area contributed by atoms with Crippen LogP contribution in [0, 0.1) is 0 Å². The highest BCUT2D eigenvalue weighted by Gasteiger charge is 2.21. The molecule has 2 heterocycles. The normalized spacial score (nSPS) is 13.2. The second-order valence-corrected chi connectivity index (χ2v) is 6.66. The number of carboxylic acid groups (broad SMARTS) is 1. The molecule has 3 amide bonds. The summed E-state index contributed by atoms with van der Waals surface area (Å²) in [5.41, 5.74) is 2.13. The van der Waals surface area contributed by atoms with Gasteiger partial charge in [0.25, 0.3) is 0 Å². The van der Waals surface area contributed by atoms with Gasteiger partial charge in [0.15, 0.2) is 0 Å². The van der Waals surface area contributed by atoms with Crippen molar-refractivity contribution in [2.45, 2.75) is 6.92 Å². The van der Waals surface area contributed by atoms with Crippen molar-refractivity contribution in [2.24, 2.45) is 0 Å². The maximum absolute atomic E-state index is 12.5. The summed E-state index contributed by atoms with van der Waals surface area (Å²) in [6, 6.07) is 10.2. The molecule has 1 aromatic heterocycles. The Kier molecular flexibility index (Phi) is 7.99. The third-order valence-electron chi connectivity index (χ3n) is 4.70. The highest BCUT2D eigenvalue weighted by atomic mass is 35.5. The molecule has 0 spiro atoms. The number of aromatic nitrogens is 1. The number of piperazine rings is 1. The van der Waals surface area contributed by atoms with Crippen molar-refractivity contribution < 1.29 is 19.5 Å². The number of carboxylic acids is 1. The third-order valence-corrected chi connectivity index (χ3v) is 4.70. The summed E-state index contributed by atoms with van der Waals surface area (Å²) in [4.78, 5) is 44.2. The SMILES string of the molecule is CC(=O)N(CC(=O)O)c1ccc(NC(=O)N2CCN(c3ccncc3)CC2)cc1.Cl. The zero-order chi connectivity index (χ0) is 20.8. The Labute approximate surface area is 180 Å². The van der Waals surface area contributed by atoms with Crippen LogP contribution in [0.5, 0.6) is 0 Å². The minimum atomic E-state index is -1.09. The molecule has 3 rings (SSSR count). The van der Waals surface area contributed by atoms with Crippen molar-refractivity contribution in [3.05, 3.63) is 48.8 Å². The van der Waals surface area contributed by atoms with Crippen LogP contribution >= 0.6 is 12.4 Å². The summed E-state index contributed by atoms with van der Waals surface area (Å²) in [6.07, 6.45) is 3.50. The maximum atomic E-state index is 12.5. The molecule has 9 nitrogen and oxygen atoms in total. The van der Waals surface area contributed by atoms with E-state index in [-0.39, 0.29) is 24.3 Å². The van der Waals surface area contributed by atoms with E-state index in [4.69, 9.17) is 5.11 Å². The molecule has 30 heavy (non-hydrogen) atoms. The van der Waals surface area contributed by atoms with Crippen molar-refractivity contribution in [1.82, 2.24) is 9.88 Å².